The summed E-state index contributed by atoms with van der Waals surface area (Å²) in [6, 6.07) is 7.58. The molecule has 3 heterocycles. The zero-order chi connectivity index (χ0) is 12.5. The van der Waals surface area contributed by atoms with Crippen LogP contribution in [0.25, 0.3) is 0 Å². The lowest BCUT2D eigenvalue weighted by Gasteiger charge is -2.50. The normalized spacial score (nSPS) is 32.4. The third kappa shape index (κ3) is 2.05. The van der Waals surface area contributed by atoms with Crippen LogP contribution in [0.15, 0.2) is 24.3 Å². The van der Waals surface area contributed by atoms with Gasteiger partial charge in [-0.1, -0.05) is 18.2 Å². The molecular weight excluding hydrogens is 229 g/mol. The molecule has 0 saturated carbocycles. The van der Waals surface area contributed by atoms with E-state index in [4.69, 9.17) is 0 Å². The smallest absolute Gasteiger partial charge is 0.128 e. The highest BCUT2D eigenvalue weighted by molar-refractivity contribution is 5.23. The predicted molar refractivity (Wildman–Crippen MR) is 70.0 cm³/mol. The third-order valence-electron chi connectivity index (χ3n) is 4.26. The molecule has 4 rings (SSSR count). The first-order valence-corrected chi connectivity index (χ1v) is 6.67. The number of halogens is 1. The van der Waals surface area contributed by atoms with Gasteiger partial charge in [-0.25, -0.2) is 4.39 Å². The highest BCUT2D eigenvalue weighted by Crippen LogP contribution is 2.28. The van der Waals surface area contributed by atoms with Gasteiger partial charge < -0.3 is 5.32 Å². The maximum atomic E-state index is 14.0. The number of fused-ring (bicyclic) bond motifs is 3. The Labute approximate surface area is 108 Å². The summed E-state index contributed by atoms with van der Waals surface area (Å²) < 4.78 is 14.0. The zero-order valence-electron chi connectivity index (χ0n) is 10.8. The number of hydrogen-bond acceptors (Lipinski definition) is 3. The lowest BCUT2D eigenvalue weighted by atomic mass is 9.94. The highest BCUT2D eigenvalue weighted by Gasteiger charge is 2.37. The van der Waals surface area contributed by atoms with Gasteiger partial charge in [0.1, 0.15) is 5.82 Å². The largest absolute Gasteiger partial charge is 0.312 e. The Bertz CT molecular complexity index is 415. The molecular formula is C14H20FN3. The average Bonchev–Trinajstić information content (AvgIpc) is 2.43. The molecule has 0 radical (unpaired) electrons. The van der Waals surface area contributed by atoms with Crippen molar-refractivity contribution in [1.82, 2.24) is 15.1 Å². The van der Waals surface area contributed by atoms with E-state index in [1.165, 1.54) is 0 Å². The lowest BCUT2D eigenvalue weighted by molar-refractivity contribution is -0.00303. The van der Waals surface area contributed by atoms with Crippen LogP contribution in [-0.4, -0.2) is 55.6 Å². The molecule has 0 amide bonds. The van der Waals surface area contributed by atoms with Gasteiger partial charge in [0.2, 0.25) is 0 Å². The van der Waals surface area contributed by atoms with Crippen LogP contribution in [0, 0.1) is 5.82 Å². The summed E-state index contributed by atoms with van der Waals surface area (Å²) in [6.45, 7) is 5.57. The Morgan fingerprint density at radius 3 is 2.50 bits per heavy atom. The maximum absolute atomic E-state index is 14.0. The fourth-order valence-electron chi connectivity index (χ4n) is 3.26. The fourth-order valence-corrected chi connectivity index (χ4v) is 3.26. The van der Waals surface area contributed by atoms with Crippen molar-refractivity contribution >= 4 is 0 Å². The van der Waals surface area contributed by atoms with Crippen LogP contribution < -0.4 is 5.32 Å². The van der Waals surface area contributed by atoms with Crippen molar-refractivity contribution in [2.75, 3.05) is 39.8 Å². The first-order valence-electron chi connectivity index (χ1n) is 6.67. The molecule has 0 aromatic heterocycles. The van der Waals surface area contributed by atoms with E-state index < -0.39 is 0 Å². The topological polar surface area (TPSA) is 18.5 Å². The molecule has 4 heteroatoms. The molecule has 3 nitrogen and oxygen atoms in total. The molecule has 0 aliphatic carbocycles. The van der Waals surface area contributed by atoms with Gasteiger partial charge in [0.25, 0.3) is 0 Å². The monoisotopic (exact) mass is 249 g/mol. The first-order chi connectivity index (χ1) is 8.79. The van der Waals surface area contributed by atoms with E-state index in [0.29, 0.717) is 6.04 Å². The van der Waals surface area contributed by atoms with Crippen LogP contribution in [0.4, 0.5) is 4.39 Å². The SMILES string of the molecule is CNC(c1ccccc1F)C1CN2CCN1CC2. The quantitative estimate of drug-likeness (QED) is 0.865. The van der Waals surface area contributed by atoms with Crippen molar-refractivity contribution in [3.8, 4) is 0 Å². The number of benzene rings is 1. The van der Waals surface area contributed by atoms with Crippen LogP contribution in [0.5, 0.6) is 0 Å². The minimum absolute atomic E-state index is 0.0781. The van der Waals surface area contributed by atoms with E-state index in [1.54, 1.807) is 12.1 Å². The summed E-state index contributed by atoms with van der Waals surface area (Å²) >= 11 is 0. The summed E-state index contributed by atoms with van der Waals surface area (Å²) in [7, 11) is 1.93. The fraction of sp³-hybridized carbons (Fsp3) is 0.571. The number of likely N-dealkylation sites (N-methyl/N-ethyl adjacent to an activating group) is 1. The third-order valence-corrected chi connectivity index (χ3v) is 4.26. The zero-order valence-corrected chi connectivity index (χ0v) is 10.8. The number of nitrogens with zero attached hydrogens (tertiary/aromatic N) is 2. The van der Waals surface area contributed by atoms with Crippen LogP contribution in [0.2, 0.25) is 0 Å². The molecule has 98 valence electrons. The van der Waals surface area contributed by atoms with Gasteiger partial charge in [-0.2, -0.15) is 0 Å². The van der Waals surface area contributed by atoms with Gasteiger partial charge in [0.15, 0.2) is 0 Å². The van der Waals surface area contributed by atoms with E-state index in [0.717, 1.165) is 38.3 Å². The summed E-state index contributed by atoms with van der Waals surface area (Å²) in [4.78, 5) is 4.98. The number of piperazine rings is 3. The Hall–Kier alpha value is -0.970. The van der Waals surface area contributed by atoms with Gasteiger partial charge in [-0.05, 0) is 13.1 Å². The molecule has 1 aromatic rings. The molecule has 2 unspecified atom stereocenters. The Kier molecular flexibility index (Phi) is 3.33. The highest BCUT2D eigenvalue weighted by atomic mass is 19.1. The summed E-state index contributed by atoms with van der Waals surface area (Å²) in [5, 5.41) is 3.31. The number of nitrogens with one attached hydrogen (secondary N) is 1. The van der Waals surface area contributed by atoms with E-state index in [9.17, 15) is 4.39 Å². The second-order valence-electron chi connectivity index (χ2n) is 5.19. The second kappa shape index (κ2) is 4.96. The van der Waals surface area contributed by atoms with Crippen LogP contribution in [0.3, 0.4) is 0 Å². The molecule has 1 N–H and O–H groups in total. The second-order valence-corrected chi connectivity index (χ2v) is 5.19. The lowest BCUT2D eigenvalue weighted by Crippen LogP contribution is -2.63. The van der Waals surface area contributed by atoms with Gasteiger partial charge in [0.05, 0.1) is 6.04 Å². The van der Waals surface area contributed by atoms with Gasteiger partial charge in [-0.15, -0.1) is 0 Å². The molecule has 18 heavy (non-hydrogen) atoms. The standard InChI is InChI=1S/C14H20FN3/c1-16-14(11-4-2-3-5-12(11)15)13-10-17-6-8-18(13)9-7-17/h2-5,13-14,16H,6-10H2,1H3. The Balaban J connectivity index is 1.87. The molecule has 2 atom stereocenters. The predicted octanol–water partition coefficient (Wildman–Crippen LogP) is 1.09. The van der Waals surface area contributed by atoms with E-state index in [2.05, 4.69) is 15.1 Å². The molecule has 3 fully saturated rings. The first kappa shape index (κ1) is 12.1. The van der Waals surface area contributed by atoms with Crippen LogP contribution in [0.1, 0.15) is 11.6 Å². The minimum atomic E-state index is -0.102. The van der Waals surface area contributed by atoms with Crippen molar-refractivity contribution in [2.24, 2.45) is 0 Å². The Morgan fingerprint density at radius 2 is 1.94 bits per heavy atom. The average molecular weight is 249 g/mol. The van der Waals surface area contributed by atoms with Crippen LogP contribution in [-0.2, 0) is 0 Å². The van der Waals surface area contributed by atoms with E-state index in [-0.39, 0.29) is 11.9 Å². The minimum Gasteiger partial charge on any atom is -0.312 e. The van der Waals surface area contributed by atoms with Crippen LogP contribution >= 0.6 is 0 Å². The van der Waals surface area contributed by atoms with E-state index in [1.807, 2.05) is 19.2 Å². The molecule has 3 aliphatic heterocycles. The van der Waals surface area contributed by atoms with Crippen molar-refractivity contribution in [3.63, 3.8) is 0 Å². The maximum Gasteiger partial charge on any atom is 0.128 e. The Morgan fingerprint density at radius 1 is 1.22 bits per heavy atom. The van der Waals surface area contributed by atoms with Gasteiger partial charge >= 0.3 is 0 Å². The molecule has 0 spiro atoms. The molecule has 2 bridgehead atoms. The van der Waals surface area contributed by atoms with E-state index >= 15 is 0 Å². The molecule has 3 aliphatic rings. The van der Waals surface area contributed by atoms with Crippen molar-refractivity contribution in [2.45, 2.75) is 12.1 Å². The van der Waals surface area contributed by atoms with Crippen molar-refractivity contribution in [3.05, 3.63) is 35.6 Å². The summed E-state index contributed by atoms with van der Waals surface area (Å²) in [5.41, 5.74) is 0.791. The molecule has 1 aromatic carbocycles. The molecule has 3 saturated heterocycles. The van der Waals surface area contributed by atoms with Gasteiger partial charge in [0, 0.05) is 44.3 Å². The van der Waals surface area contributed by atoms with Gasteiger partial charge in [-0.3, -0.25) is 9.80 Å². The van der Waals surface area contributed by atoms with Crippen molar-refractivity contribution < 1.29 is 4.39 Å². The number of rotatable bonds is 3. The summed E-state index contributed by atoms with van der Waals surface area (Å²) in [6.07, 6.45) is 0. The van der Waals surface area contributed by atoms with Crippen molar-refractivity contribution in [1.29, 1.82) is 0 Å². The number of hydrogen-bond donors (Lipinski definition) is 1. The summed E-state index contributed by atoms with van der Waals surface area (Å²) in [5.74, 6) is -0.102.